The van der Waals surface area contributed by atoms with E-state index in [0.717, 1.165) is 17.9 Å². The number of hydrogen-bond donors (Lipinski definition) is 1. The second-order valence-corrected chi connectivity index (χ2v) is 5.85. The summed E-state index contributed by atoms with van der Waals surface area (Å²) in [6, 6.07) is 18.7. The largest absolute Gasteiger partial charge is 0.497 e. The highest BCUT2D eigenvalue weighted by molar-refractivity contribution is 5.28. The lowest BCUT2D eigenvalue weighted by Crippen LogP contribution is -2.28. The molecule has 1 aliphatic heterocycles. The molecule has 116 valence electrons. The van der Waals surface area contributed by atoms with Gasteiger partial charge < -0.3 is 9.84 Å². The van der Waals surface area contributed by atoms with Crippen molar-refractivity contribution in [2.24, 2.45) is 0 Å². The summed E-state index contributed by atoms with van der Waals surface area (Å²) in [7, 11) is 1.65. The number of aliphatic hydroxyl groups is 1. The summed E-state index contributed by atoms with van der Waals surface area (Å²) in [5, 5.41) is 10.5. The molecule has 0 aromatic heterocycles. The molecule has 1 unspecified atom stereocenters. The van der Waals surface area contributed by atoms with Crippen LogP contribution < -0.4 is 4.74 Å². The second kappa shape index (κ2) is 6.95. The Balaban J connectivity index is 1.68. The second-order valence-electron chi connectivity index (χ2n) is 5.85. The van der Waals surface area contributed by atoms with Crippen LogP contribution in [0.4, 0.5) is 0 Å². The van der Waals surface area contributed by atoms with E-state index in [1.807, 2.05) is 24.3 Å². The Morgan fingerprint density at radius 1 is 1.14 bits per heavy atom. The summed E-state index contributed by atoms with van der Waals surface area (Å²) in [5.41, 5.74) is 2.29. The van der Waals surface area contributed by atoms with Crippen LogP contribution in [0.25, 0.3) is 0 Å². The molecule has 3 nitrogen and oxygen atoms in total. The molecule has 0 saturated carbocycles. The molecule has 3 heteroatoms. The average Bonchev–Trinajstić information content (AvgIpc) is 3.04. The van der Waals surface area contributed by atoms with E-state index in [2.05, 4.69) is 35.2 Å². The maximum Gasteiger partial charge on any atom is 0.118 e. The third-order valence-corrected chi connectivity index (χ3v) is 4.46. The van der Waals surface area contributed by atoms with Crippen LogP contribution in [0.1, 0.15) is 36.1 Å². The fraction of sp³-hybridized carbons (Fsp3) is 0.368. The number of likely N-dealkylation sites (tertiary alicyclic amines) is 1. The Morgan fingerprint density at radius 3 is 2.55 bits per heavy atom. The van der Waals surface area contributed by atoms with Crippen LogP contribution in [0.3, 0.4) is 0 Å². The first-order chi connectivity index (χ1) is 10.8. The Hall–Kier alpha value is -1.84. The molecule has 1 fully saturated rings. The molecular weight excluding hydrogens is 274 g/mol. The van der Waals surface area contributed by atoms with E-state index >= 15 is 0 Å². The van der Waals surface area contributed by atoms with Crippen LogP contribution in [-0.4, -0.2) is 30.2 Å². The van der Waals surface area contributed by atoms with Gasteiger partial charge in [0.15, 0.2) is 0 Å². The number of β-amino-alcohol motifs (C(OH)–C–C–N with tert-alkyl or cyclic N) is 1. The van der Waals surface area contributed by atoms with Gasteiger partial charge in [0, 0.05) is 12.6 Å². The van der Waals surface area contributed by atoms with Gasteiger partial charge in [-0.15, -0.1) is 0 Å². The Labute approximate surface area is 132 Å². The quantitative estimate of drug-likeness (QED) is 0.916. The van der Waals surface area contributed by atoms with E-state index in [-0.39, 0.29) is 0 Å². The molecule has 0 radical (unpaired) electrons. The van der Waals surface area contributed by atoms with Crippen LogP contribution in [0, 0.1) is 0 Å². The molecule has 2 aromatic rings. The molecule has 0 bridgehead atoms. The van der Waals surface area contributed by atoms with E-state index in [4.69, 9.17) is 4.74 Å². The van der Waals surface area contributed by atoms with E-state index in [9.17, 15) is 5.11 Å². The van der Waals surface area contributed by atoms with E-state index in [1.165, 1.54) is 18.4 Å². The molecule has 22 heavy (non-hydrogen) atoms. The predicted octanol–water partition coefficient (Wildman–Crippen LogP) is 3.57. The van der Waals surface area contributed by atoms with Crippen molar-refractivity contribution in [1.82, 2.24) is 4.90 Å². The Bertz CT molecular complexity index is 582. The number of benzene rings is 2. The van der Waals surface area contributed by atoms with Gasteiger partial charge in [0.1, 0.15) is 5.75 Å². The van der Waals surface area contributed by atoms with Gasteiger partial charge in [-0.2, -0.15) is 0 Å². The standard InChI is InChI=1S/C19H23NO2/c1-22-17-11-9-16(10-12-17)19(21)14-20-13-5-8-18(20)15-6-3-2-4-7-15/h2-4,6-7,9-12,18-19,21H,5,8,13-14H2,1H3/t18-,19?/m0/s1. The van der Waals surface area contributed by atoms with Gasteiger partial charge in [-0.3, -0.25) is 4.90 Å². The van der Waals surface area contributed by atoms with Gasteiger partial charge in [-0.05, 0) is 42.6 Å². The first-order valence-electron chi connectivity index (χ1n) is 7.89. The molecule has 1 heterocycles. The lowest BCUT2D eigenvalue weighted by atomic mass is 10.0. The van der Waals surface area contributed by atoms with Crippen LogP contribution in [0.2, 0.25) is 0 Å². The van der Waals surface area contributed by atoms with Gasteiger partial charge in [0.2, 0.25) is 0 Å². The van der Waals surface area contributed by atoms with Crippen molar-refractivity contribution in [2.45, 2.75) is 25.0 Å². The zero-order valence-electron chi connectivity index (χ0n) is 13.0. The molecule has 1 saturated heterocycles. The smallest absolute Gasteiger partial charge is 0.118 e. The molecule has 0 aliphatic carbocycles. The first kappa shape index (κ1) is 15.1. The van der Waals surface area contributed by atoms with E-state index < -0.39 is 6.10 Å². The van der Waals surface area contributed by atoms with Crippen molar-refractivity contribution in [1.29, 1.82) is 0 Å². The molecule has 2 aromatic carbocycles. The third kappa shape index (κ3) is 3.32. The number of methoxy groups -OCH3 is 1. The molecule has 0 amide bonds. The fourth-order valence-corrected chi connectivity index (χ4v) is 3.25. The Kier molecular flexibility index (Phi) is 4.76. The molecule has 2 atom stereocenters. The first-order valence-corrected chi connectivity index (χ1v) is 7.89. The lowest BCUT2D eigenvalue weighted by Gasteiger charge is -2.27. The monoisotopic (exact) mass is 297 g/mol. The zero-order chi connectivity index (χ0) is 15.4. The minimum atomic E-state index is -0.463. The van der Waals surface area contributed by atoms with Crippen LogP contribution in [0.15, 0.2) is 54.6 Å². The predicted molar refractivity (Wildman–Crippen MR) is 87.9 cm³/mol. The summed E-state index contributed by atoms with van der Waals surface area (Å²) in [5.74, 6) is 0.819. The summed E-state index contributed by atoms with van der Waals surface area (Å²) < 4.78 is 5.17. The number of hydrogen-bond acceptors (Lipinski definition) is 3. The summed E-state index contributed by atoms with van der Waals surface area (Å²) in [6.45, 7) is 1.72. The van der Waals surface area contributed by atoms with E-state index in [1.54, 1.807) is 7.11 Å². The van der Waals surface area contributed by atoms with Crippen LogP contribution >= 0.6 is 0 Å². The van der Waals surface area contributed by atoms with Gasteiger partial charge in [-0.1, -0.05) is 42.5 Å². The normalized spacial score (nSPS) is 20.0. The number of ether oxygens (including phenoxy) is 1. The highest BCUT2D eigenvalue weighted by Crippen LogP contribution is 2.33. The van der Waals surface area contributed by atoms with Crippen molar-refractivity contribution in [3.63, 3.8) is 0 Å². The summed E-state index contributed by atoms with van der Waals surface area (Å²) in [6.07, 6.45) is 1.89. The summed E-state index contributed by atoms with van der Waals surface area (Å²) in [4.78, 5) is 2.39. The molecule has 0 spiro atoms. The van der Waals surface area contributed by atoms with Gasteiger partial charge in [0.05, 0.1) is 13.2 Å². The fourth-order valence-electron chi connectivity index (χ4n) is 3.25. The molecular formula is C19H23NO2. The third-order valence-electron chi connectivity index (χ3n) is 4.46. The zero-order valence-corrected chi connectivity index (χ0v) is 13.0. The minimum Gasteiger partial charge on any atom is -0.497 e. The number of rotatable bonds is 5. The van der Waals surface area contributed by atoms with Crippen molar-refractivity contribution in [3.8, 4) is 5.75 Å². The summed E-state index contributed by atoms with van der Waals surface area (Å²) >= 11 is 0. The van der Waals surface area contributed by atoms with Gasteiger partial charge in [0.25, 0.3) is 0 Å². The Morgan fingerprint density at radius 2 is 1.86 bits per heavy atom. The van der Waals surface area contributed by atoms with Crippen molar-refractivity contribution < 1.29 is 9.84 Å². The topological polar surface area (TPSA) is 32.7 Å². The van der Waals surface area contributed by atoms with Gasteiger partial charge in [-0.25, -0.2) is 0 Å². The SMILES string of the molecule is COc1ccc(C(O)CN2CCC[C@H]2c2ccccc2)cc1. The average molecular weight is 297 g/mol. The molecule has 1 N–H and O–H groups in total. The minimum absolute atomic E-state index is 0.425. The molecule has 3 rings (SSSR count). The maximum atomic E-state index is 10.5. The number of nitrogens with zero attached hydrogens (tertiary/aromatic N) is 1. The molecule has 1 aliphatic rings. The van der Waals surface area contributed by atoms with Crippen molar-refractivity contribution >= 4 is 0 Å². The highest BCUT2D eigenvalue weighted by Gasteiger charge is 2.27. The van der Waals surface area contributed by atoms with E-state index in [0.29, 0.717) is 12.6 Å². The number of aliphatic hydroxyl groups excluding tert-OH is 1. The van der Waals surface area contributed by atoms with Crippen LogP contribution in [0.5, 0.6) is 5.75 Å². The lowest BCUT2D eigenvalue weighted by molar-refractivity contribution is 0.106. The van der Waals surface area contributed by atoms with Crippen molar-refractivity contribution in [2.75, 3.05) is 20.2 Å². The van der Waals surface area contributed by atoms with Crippen molar-refractivity contribution in [3.05, 3.63) is 65.7 Å². The highest BCUT2D eigenvalue weighted by atomic mass is 16.5. The maximum absolute atomic E-state index is 10.5. The van der Waals surface area contributed by atoms with Crippen LogP contribution in [-0.2, 0) is 0 Å². The van der Waals surface area contributed by atoms with Gasteiger partial charge >= 0.3 is 0 Å².